The molecule has 5 heteroatoms. The largest absolute Gasteiger partial charge is 0.307 e. The summed E-state index contributed by atoms with van der Waals surface area (Å²) in [7, 11) is 0. The highest BCUT2D eigenvalue weighted by Crippen LogP contribution is 2.07. The summed E-state index contributed by atoms with van der Waals surface area (Å²) in [5.74, 6) is 0.383. The fraction of sp³-hybridized carbons (Fsp3) is 0.100. The van der Waals surface area contributed by atoms with Crippen LogP contribution in [-0.2, 0) is 0 Å². The molecule has 15 heavy (non-hydrogen) atoms. The molecular formula is C10H10N4O. The zero-order chi connectivity index (χ0) is 10.7. The van der Waals surface area contributed by atoms with E-state index < -0.39 is 0 Å². The second-order valence-electron chi connectivity index (χ2n) is 3.06. The number of nitrogens with one attached hydrogen (secondary N) is 2. The molecule has 0 atom stereocenters. The minimum absolute atomic E-state index is 0.190. The number of nitrogens with zero attached hydrogens (tertiary/aromatic N) is 2. The molecule has 0 aromatic carbocycles. The Morgan fingerprint density at radius 2 is 2.27 bits per heavy atom. The van der Waals surface area contributed by atoms with E-state index in [0.29, 0.717) is 17.1 Å². The van der Waals surface area contributed by atoms with Gasteiger partial charge < -0.3 is 5.32 Å². The summed E-state index contributed by atoms with van der Waals surface area (Å²) < 4.78 is 0. The molecule has 0 radical (unpaired) electrons. The van der Waals surface area contributed by atoms with E-state index in [0.717, 1.165) is 0 Å². The highest BCUT2D eigenvalue weighted by Gasteiger charge is 2.09. The Morgan fingerprint density at radius 3 is 2.93 bits per heavy atom. The summed E-state index contributed by atoms with van der Waals surface area (Å²) in [5, 5.41) is 9.07. The minimum Gasteiger partial charge on any atom is -0.307 e. The van der Waals surface area contributed by atoms with Crippen molar-refractivity contribution in [3.8, 4) is 0 Å². The fourth-order valence-electron chi connectivity index (χ4n) is 1.24. The number of amides is 1. The number of aromatic nitrogens is 3. The van der Waals surface area contributed by atoms with Gasteiger partial charge in [0.25, 0.3) is 5.91 Å². The van der Waals surface area contributed by atoms with Crippen LogP contribution in [-0.4, -0.2) is 21.1 Å². The molecule has 0 aliphatic rings. The Kier molecular flexibility index (Phi) is 2.45. The second-order valence-corrected chi connectivity index (χ2v) is 3.06. The summed E-state index contributed by atoms with van der Waals surface area (Å²) in [4.78, 5) is 15.8. The van der Waals surface area contributed by atoms with Crippen LogP contribution < -0.4 is 5.32 Å². The number of rotatable bonds is 2. The van der Waals surface area contributed by atoms with Crippen LogP contribution in [0.25, 0.3) is 0 Å². The molecule has 2 N–H and O–H groups in total. The zero-order valence-electron chi connectivity index (χ0n) is 8.19. The molecule has 0 saturated heterocycles. The van der Waals surface area contributed by atoms with Gasteiger partial charge in [0.15, 0.2) is 0 Å². The lowest BCUT2D eigenvalue weighted by molar-refractivity contribution is 0.102. The summed E-state index contributed by atoms with van der Waals surface area (Å²) in [6.07, 6.45) is 3.23. The van der Waals surface area contributed by atoms with Gasteiger partial charge in [-0.25, -0.2) is 0 Å². The van der Waals surface area contributed by atoms with Crippen molar-refractivity contribution in [3.05, 3.63) is 41.9 Å². The average molecular weight is 202 g/mol. The van der Waals surface area contributed by atoms with E-state index in [1.165, 1.54) is 0 Å². The van der Waals surface area contributed by atoms with Crippen LogP contribution in [0.3, 0.4) is 0 Å². The van der Waals surface area contributed by atoms with Gasteiger partial charge in [-0.3, -0.25) is 14.9 Å². The van der Waals surface area contributed by atoms with Gasteiger partial charge >= 0.3 is 0 Å². The topological polar surface area (TPSA) is 70.7 Å². The first-order valence-electron chi connectivity index (χ1n) is 4.50. The number of hydrogen-bond acceptors (Lipinski definition) is 3. The first kappa shape index (κ1) is 9.39. The smallest absolute Gasteiger partial charge is 0.258 e. The molecule has 2 aromatic heterocycles. The molecule has 0 saturated carbocycles. The van der Waals surface area contributed by atoms with E-state index in [-0.39, 0.29) is 5.91 Å². The first-order chi connectivity index (χ1) is 7.27. The van der Waals surface area contributed by atoms with Crippen LogP contribution in [0.15, 0.2) is 30.6 Å². The van der Waals surface area contributed by atoms with Gasteiger partial charge in [-0.05, 0) is 19.1 Å². The summed E-state index contributed by atoms with van der Waals surface area (Å²) >= 11 is 0. The third-order valence-electron chi connectivity index (χ3n) is 2.00. The number of aryl methyl sites for hydroxylation is 1. The van der Waals surface area contributed by atoms with Gasteiger partial charge in [-0.1, -0.05) is 0 Å². The van der Waals surface area contributed by atoms with Crippen LogP contribution in [0.2, 0.25) is 0 Å². The van der Waals surface area contributed by atoms with E-state index in [1.807, 2.05) is 0 Å². The molecule has 2 rings (SSSR count). The van der Waals surface area contributed by atoms with Crippen molar-refractivity contribution in [3.63, 3.8) is 0 Å². The number of H-pyrrole nitrogens is 1. The number of aromatic amines is 1. The summed E-state index contributed by atoms with van der Waals surface area (Å²) in [6, 6.07) is 5.15. The average Bonchev–Trinajstić information content (AvgIpc) is 2.71. The maximum absolute atomic E-state index is 11.7. The van der Waals surface area contributed by atoms with Crippen molar-refractivity contribution >= 4 is 11.7 Å². The molecule has 0 aliphatic heterocycles. The highest BCUT2D eigenvalue weighted by atomic mass is 16.1. The molecule has 0 fully saturated rings. The monoisotopic (exact) mass is 202 g/mol. The number of pyridine rings is 1. The quantitative estimate of drug-likeness (QED) is 0.772. The van der Waals surface area contributed by atoms with Crippen molar-refractivity contribution in [1.82, 2.24) is 15.2 Å². The van der Waals surface area contributed by atoms with Crippen molar-refractivity contribution in [2.24, 2.45) is 0 Å². The third kappa shape index (κ3) is 2.01. The van der Waals surface area contributed by atoms with Gasteiger partial charge in [0, 0.05) is 18.0 Å². The van der Waals surface area contributed by atoms with E-state index in [4.69, 9.17) is 0 Å². The van der Waals surface area contributed by atoms with Crippen LogP contribution in [0.4, 0.5) is 5.82 Å². The van der Waals surface area contributed by atoms with E-state index in [1.54, 1.807) is 37.5 Å². The number of anilines is 1. The molecule has 0 aliphatic carbocycles. The van der Waals surface area contributed by atoms with Gasteiger partial charge in [-0.2, -0.15) is 5.10 Å². The Labute approximate surface area is 86.5 Å². The molecule has 5 nitrogen and oxygen atoms in total. The maximum atomic E-state index is 11.7. The fourth-order valence-corrected chi connectivity index (χ4v) is 1.24. The molecule has 2 heterocycles. The lowest BCUT2D eigenvalue weighted by atomic mass is 10.2. The lowest BCUT2D eigenvalue weighted by Crippen LogP contribution is -2.14. The highest BCUT2D eigenvalue weighted by molar-refractivity contribution is 6.04. The van der Waals surface area contributed by atoms with Gasteiger partial charge in [0.2, 0.25) is 0 Å². The van der Waals surface area contributed by atoms with Crippen molar-refractivity contribution < 1.29 is 4.79 Å². The van der Waals surface area contributed by atoms with Gasteiger partial charge in [0.05, 0.1) is 11.8 Å². The first-order valence-corrected chi connectivity index (χ1v) is 4.50. The third-order valence-corrected chi connectivity index (χ3v) is 2.00. The normalized spacial score (nSPS) is 9.93. The van der Waals surface area contributed by atoms with E-state index in [9.17, 15) is 4.79 Å². The Hall–Kier alpha value is -2.17. The molecule has 76 valence electrons. The van der Waals surface area contributed by atoms with E-state index >= 15 is 0 Å². The molecule has 0 bridgehead atoms. The molecular weight excluding hydrogens is 192 g/mol. The Morgan fingerprint density at radius 1 is 1.40 bits per heavy atom. The number of hydrogen-bond donors (Lipinski definition) is 2. The Bertz CT molecular complexity index is 464. The Balaban J connectivity index is 2.19. The van der Waals surface area contributed by atoms with Crippen LogP contribution in [0.1, 0.15) is 16.1 Å². The van der Waals surface area contributed by atoms with Gasteiger partial charge in [0.1, 0.15) is 5.82 Å². The van der Waals surface area contributed by atoms with Crippen LogP contribution in [0, 0.1) is 6.92 Å². The summed E-state index contributed by atoms with van der Waals surface area (Å²) in [6.45, 7) is 1.79. The number of carbonyl (C=O) groups excluding carboxylic acids is 1. The number of carbonyl (C=O) groups is 1. The van der Waals surface area contributed by atoms with Crippen molar-refractivity contribution in [2.45, 2.75) is 6.92 Å². The van der Waals surface area contributed by atoms with Gasteiger partial charge in [-0.15, -0.1) is 0 Å². The van der Waals surface area contributed by atoms with Crippen molar-refractivity contribution in [2.75, 3.05) is 5.32 Å². The molecule has 2 aromatic rings. The van der Waals surface area contributed by atoms with Crippen LogP contribution in [0.5, 0.6) is 0 Å². The second kappa shape index (κ2) is 3.91. The summed E-state index contributed by atoms with van der Waals surface area (Å²) in [5.41, 5.74) is 1.27. The van der Waals surface area contributed by atoms with Crippen molar-refractivity contribution in [1.29, 1.82) is 0 Å². The minimum atomic E-state index is -0.190. The molecule has 0 unspecified atom stereocenters. The maximum Gasteiger partial charge on any atom is 0.258 e. The molecule has 0 spiro atoms. The predicted molar refractivity (Wildman–Crippen MR) is 55.5 cm³/mol. The standard InChI is InChI=1S/C10H10N4O/c1-7-8(3-2-5-11-7)10(15)13-9-4-6-12-14-9/h2-6H,1H3,(H2,12,13,14,15). The SMILES string of the molecule is Cc1ncccc1C(=O)Nc1ccn[nH]1. The van der Waals surface area contributed by atoms with E-state index in [2.05, 4.69) is 20.5 Å². The molecule has 1 amide bonds. The predicted octanol–water partition coefficient (Wildman–Crippen LogP) is 1.37. The van der Waals surface area contributed by atoms with Crippen LogP contribution >= 0.6 is 0 Å². The lowest BCUT2D eigenvalue weighted by Gasteiger charge is -2.04. The zero-order valence-corrected chi connectivity index (χ0v) is 8.19.